The molecular formula is C12H12BrFN2O2. The van der Waals surface area contributed by atoms with Gasteiger partial charge in [0.25, 0.3) is 0 Å². The van der Waals surface area contributed by atoms with E-state index in [1.807, 2.05) is 6.92 Å². The Hall–Kier alpha value is -1.43. The number of piperazine rings is 1. The van der Waals surface area contributed by atoms with Crippen molar-refractivity contribution in [1.29, 1.82) is 0 Å². The molecule has 1 heterocycles. The molecule has 0 saturated carbocycles. The van der Waals surface area contributed by atoms with E-state index in [4.69, 9.17) is 0 Å². The van der Waals surface area contributed by atoms with Crippen molar-refractivity contribution in [2.24, 2.45) is 0 Å². The van der Waals surface area contributed by atoms with E-state index < -0.39 is 11.9 Å². The van der Waals surface area contributed by atoms with Gasteiger partial charge in [-0.2, -0.15) is 0 Å². The summed E-state index contributed by atoms with van der Waals surface area (Å²) in [6.45, 7) is 1.74. The minimum absolute atomic E-state index is 0.0730. The van der Waals surface area contributed by atoms with Crippen LogP contribution in [0.3, 0.4) is 0 Å². The van der Waals surface area contributed by atoms with Crippen LogP contribution in [0.15, 0.2) is 22.7 Å². The summed E-state index contributed by atoms with van der Waals surface area (Å²) in [5, 5.41) is 2.61. The van der Waals surface area contributed by atoms with Crippen LogP contribution >= 0.6 is 15.9 Å². The highest BCUT2D eigenvalue weighted by atomic mass is 79.9. The summed E-state index contributed by atoms with van der Waals surface area (Å²) in [5.74, 6) is -0.900. The van der Waals surface area contributed by atoms with E-state index in [9.17, 15) is 14.0 Å². The van der Waals surface area contributed by atoms with Gasteiger partial charge in [0.1, 0.15) is 18.4 Å². The number of carbonyl (C=O) groups is 2. The molecule has 1 unspecified atom stereocenters. The lowest BCUT2D eigenvalue weighted by Crippen LogP contribution is -2.58. The molecular weight excluding hydrogens is 303 g/mol. The lowest BCUT2D eigenvalue weighted by molar-refractivity contribution is -0.131. The summed E-state index contributed by atoms with van der Waals surface area (Å²) < 4.78 is 13.8. The topological polar surface area (TPSA) is 49.4 Å². The van der Waals surface area contributed by atoms with Crippen molar-refractivity contribution < 1.29 is 14.0 Å². The predicted octanol–water partition coefficient (Wildman–Crippen LogP) is 1.83. The van der Waals surface area contributed by atoms with Crippen molar-refractivity contribution in [2.45, 2.75) is 19.4 Å². The summed E-state index contributed by atoms with van der Waals surface area (Å²) in [4.78, 5) is 24.9. The Kier molecular flexibility index (Phi) is 3.65. The third-order valence-electron chi connectivity index (χ3n) is 2.82. The SMILES string of the molecule is CCC1NC(=O)CN(c2ccc(Br)c(F)c2)C1=O. The molecule has 2 amide bonds. The first-order valence-electron chi connectivity index (χ1n) is 5.58. The normalized spacial score (nSPS) is 19.9. The number of nitrogens with zero attached hydrogens (tertiary/aromatic N) is 1. The average Bonchev–Trinajstić information content (AvgIpc) is 2.35. The first kappa shape index (κ1) is 13.0. The van der Waals surface area contributed by atoms with E-state index in [0.29, 0.717) is 16.6 Å². The fourth-order valence-electron chi connectivity index (χ4n) is 1.86. The summed E-state index contributed by atoms with van der Waals surface area (Å²) in [6.07, 6.45) is 0.514. The minimum atomic E-state index is -0.530. The Morgan fingerprint density at radius 1 is 1.50 bits per heavy atom. The van der Waals surface area contributed by atoms with Gasteiger partial charge in [-0.1, -0.05) is 6.92 Å². The lowest BCUT2D eigenvalue weighted by atomic mass is 10.1. The van der Waals surface area contributed by atoms with E-state index in [-0.39, 0.29) is 18.4 Å². The van der Waals surface area contributed by atoms with Gasteiger partial charge in [-0.05, 0) is 40.5 Å². The summed E-state index contributed by atoms with van der Waals surface area (Å²) in [7, 11) is 0. The number of hydrogen-bond donors (Lipinski definition) is 1. The van der Waals surface area contributed by atoms with Gasteiger partial charge in [0.2, 0.25) is 11.8 Å². The van der Waals surface area contributed by atoms with E-state index >= 15 is 0 Å². The maximum absolute atomic E-state index is 13.5. The van der Waals surface area contributed by atoms with Crippen LogP contribution in [0.4, 0.5) is 10.1 Å². The maximum Gasteiger partial charge on any atom is 0.250 e. The van der Waals surface area contributed by atoms with Crippen molar-refractivity contribution in [1.82, 2.24) is 5.32 Å². The number of halogens is 2. The average molecular weight is 315 g/mol. The highest BCUT2D eigenvalue weighted by Gasteiger charge is 2.32. The van der Waals surface area contributed by atoms with E-state index in [1.54, 1.807) is 6.07 Å². The minimum Gasteiger partial charge on any atom is -0.343 e. The van der Waals surface area contributed by atoms with Crippen LogP contribution in [0.2, 0.25) is 0 Å². The van der Waals surface area contributed by atoms with Crippen LogP contribution < -0.4 is 10.2 Å². The molecule has 1 aliphatic rings. The van der Waals surface area contributed by atoms with Crippen molar-refractivity contribution in [3.63, 3.8) is 0 Å². The van der Waals surface area contributed by atoms with Crippen LogP contribution in [0, 0.1) is 5.82 Å². The van der Waals surface area contributed by atoms with Crippen LogP contribution in [0.1, 0.15) is 13.3 Å². The molecule has 0 aliphatic carbocycles. The van der Waals surface area contributed by atoms with Gasteiger partial charge in [-0.3, -0.25) is 9.59 Å². The third kappa shape index (κ3) is 2.38. The molecule has 0 radical (unpaired) electrons. The first-order chi connectivity index (χ1) is 8.52. The zero-order valence-electron chi connectivity index (χ0n) is 9.74. The highest BCUT2D eigenvalue weighted by Crippen LogP contribution is 2.24. The molecule has 1 saturated heterocycles. The fourth-order valence-corrected chi connectivity index (χ4v) is 2.11. The fraction of sp³-hybridized carbons (Fsp3) is 0.333. The molecule has 1 fully saturated rings. The van der Waals surface area contributed by atoms with Gasteiger partial charge in [0.15, 0.2) is 0 Å². The number of nitrogens with one attached hydrogen (secondary N) is 1. The second-order valence-electron chi connectivity index (χ2n) is 4.05. The number of carbonyl (C=O) groups excluding carboxylic acids is 2. The molecule has 96 valence electrons. The molecule has 6 heteroatoms. The van der Waals surface area contributed by atoms with Crippen LogP contribution in [0.25, 0.3) is 0 Å². The third-order valence-corrected chi connectivity index (χ3v) is 3.47. The number of benzene rings is 1. The molecule has 18 heavy (non-hydrogen) atoms. The van der Waals surface area contributed by atoms with Crippen LogP contribution in [0.5, 0.6) is 0 Å². The van der Waals surface area contributed by atoms with Crippen molar-refractivity contribution in [2.75, 3.05) is 11.4 Å². The number of amides is 2. The zero-order chi connectivity index (χ0) is 13.3. The van der Waals surface area contributed by atoms with Gasteiger partial charge in [0.05, 0.1) is 4.47 Å². The molecule has 0 spiro atoms. The van der Waals surface area contributed by atoms with Crippen LogP contribution in [-0.4, -0.2) is 24.4 Å². The second-order valence-corrected chi connectivity index (χ2v) is 4.91. The van der Waals surface area contributed by atoms with Crippen molar-refractivity contribution >= 4 is 33.4 Å². The Labute approximate surface area is 112 Å². The van der Waals surface area contributed by atoms with Gasteiger partial charge in [0, 0.05) is 5.69 Å². The Bertz CT molecular complexity index is 507. The summed E-state index contributed by atoms with van der Waals surface area (Å²) in [6, 6.07) is 3.84. The standard InChI is InChI=1S/C12H12BrFN2O2/c1-2-10-12(18)16(6-11(17)15-10)7-3-4-8(13)9(14)5-7/h3-5,10H,2,6H2,1H3,(H,15,17). The molecule has 1 aliphatic heterocycles. The van der Waals surface area contributed by atoms with Gasteiger partial charge >= 0.3 is 0 Å². The number of anilines is 1. The van der Waals surface area contributed by atoms with E-state index in [2.05, 4.69) is 21.2 Å². The first-order valence-corrected chi connectivity index (χ1v) is 6.38. The molecule has 1 N–H and O–H groups in total. The van der Waals surface area contributed by atoms with Gasteiger partial charge < -0.3 is 10.2 Å². The monoisotopic (exact) mass is 314 g/mol. The summed E-state index contributed by atoms with van der Waals surface area (Å²) >= 11 is 3.05. The van der Waals surface area contributed by atoms with Gasteiger partial charge in [-0.25, -0.2) is 4.39 Å². The quantitative estimate of drug-likeness (QED) is 0.905. The zero-order valence-corrected chi connectivity index (χ0v) is 11.3. The molecule has 0 bridgehead atoms. The van der Waals surface area contributed by atoms with Crippen molar-refractivity contribution in [3.05, 3.63) is 28.5 Å². The molecule has 1 atom stereocenters. The molecule has 1 aromatic rings. The molecule has 2 rings (SSSR count). The van der Waals surface area contributed by atoms with Crippen LogP contribution in [-0.2, 0) is 9.59 Å². The maximum atomic E-state index is 13.5. The molecule has 4 nitrogen and oxygen atoms in total. The Balaban J connectivity index is 2.33. The smallest absolute Gasteiger partial charge is 0.250 e. The molecule has 1 aromatic carbocycles. The highest BCUT2D eigenvalue weighted by molar-refractivity contribution is 9.10. The number of rotatable bonds is 2. The molecule has 0 aromatic heterocycles. The van der Waals surface area contributed by atoms with Gasteiger partial charge in [-0.15, -0.1) is 0 Å². The largest absolute Gasteiger partial charge is 0.343 e. The van der Waals surface area contributed by atoms with E-state index in [0.717, 1.165) is 0 Å². The van der Waals surface area contributed by atoms with E-state index in [1.165, 1.54) is 17.0 Å². The number of hydrogen-bond acceptors (Lipinski definition) is 2. The Morgan fingerprint density at radius 3 is 2.83 bits per heavy atom. The second kappa shape index (κ2) is 5.06. The lowest BCUT2D eigenvalue weighted by Gasteiger charge is -2.32. The Morgan fingerprint density at radius 2 is 2.22 bits per heavy atom. The van der Waals surface area contributed by atoms with Crippen molar-refractivity contribution in [3.8, 4) is 0 Å². The predicted molar refractivity (Wildman–Crippen MR) is 68.7 cm³/mol. The summed E-state index contributed by atoms with van der Waals surface area (Å²) in [5.41, 5.74) is 0.397.